The zero-order valence-electron chi connectivity index (χ0n) is 44.1. The molecule has 5 rings (SSSR count). The molecule has 2 aromatic carbocycles. The van der Waals surface area contributed by atoms with Crippen LogP contribution in [-0.4, -0.2) is 129 Å². The Hall–Kier alpha value is -8.64. The second kappa shape index (κ2) is 29.6. The van der Waals surface area contributed by atoms with E-state index >= 15 is 4.79 Å². The summed E-state index contributed by atoms with van der Waals surface area (Å²) in [5.41, 5.74) is 28.8. The van der Waals surface area contributed by atoms with Gasteiger partial charge in [0.2, 0.25) is 41.4 Å². The number of rotatable bonds is 18. The van der Waals surface area contributed by atoms with Gasteiger partial charge in [-0.25, -0.2) is 4.98 Å². The summed E-state index contributed by atoms with van der Waals surface area (Å²) in [7, 11) is 0. The number of aromatic amines is 2. The van der Waals surface area contributed by atoms with E-state index in [1.54, 1.807) is 36.5 Å². The standard InChI is InChI=1S/C53H74N16O9/c1-31(70)65-40(18-11-21-62-52(57)58)48(76)68-42-26-45(73)60-19-9-8-17-39(46(54)74)66-47(75)34(22-35-28-63-38-16-7-6-15-37(35)38)23-43(71)33(14-10-20-61-51(55)56)24-44(72)53(2,27-32-12-4-3-5-13-32)69-50(78)41(67-49(42)77)25-36-29-59-30-64-36/h3-7,12-13,15-16,28-30,33-34,39-42,63H,8-11,14,17-27H2,1-2H3,(H2,54,74)(H,59,64)(H,60,73)(H,65,70)(H,66,75)(H,67,77)(H,68,76)(H,69,78)(H4,55,56,61)(H4,57,58,62)/t33-,34-,39+,40+,41+,42+,53+/m1/s1. The van der Waals surface area contributed by atoms with E-state index in [0.717, 1.165) is 16.5 Å². The first-order valence-electron chi connectivity index (χ1n) is 26.0. The molecule has 0 radical (unpaired) electrons. The van der Waals surface area contributed by atoms with Crippen molar-refractivity contribution in [3.8, 4) is 0 Å². The van der Waals surface area contributed by atoms with Crippen LogP contribution in [0.15, 0.2) is 83.3 Å². The molecule has 420 valence electrons. The van der Waals surface area contributed by atoms with Crippen LogP contribution in [0.5, 0.6) is 0 Å². The van der Waals surface area contributed by atoms with Crippen LogP contribution in [0, 0.1) is 11.8 Å². The largest absolute Gasteiger partial charge is 0.370 e. The van der Waals surface area contributed by atoms with Crippen molar-refractivity contribution in [3.05, 3.63) is 90.1 Å². The molecular weight excluding hydrogens is 1000 g/mol. The van der Waals surface area contributed by atoms with Crippen molar-refractivity contribution in [2.24, 2.45) is 50.5 Å². The third-order valence-electron chi connectivity index (χ3n) is 13.4. The number of guanidine groups is 2. The topological polar surface area (TPSA) is 425 Å². The summed E-state index contributed by atoms with van der Waals surface area (Å²) in [4.78, 5) is 145. The molecule has 0 aliphatic carbocycles. The fourth-order valence-corrected chi connectivity index (χ4v) is 9.31. The first-order valence-corrected chi connectivity index (χ1v) is 26.0. The number of carbonyl (C=O) groups is 9. The van der Waals surface area contributed by atoms with Crippen molar-refractivity contribution in [1.82, 2.24) is 46.9 Å². The Balaban J connectivity index is 1.57. The quantitative estimate of drug-likeness (QED) is 0.0329. The molecule has 3 heterocycles. The normalized spacial score (nSPS) is 21.9. The number of hydrogen-bond donors (Lipinski definition) is 13. The van der Waals surface area contributed by atoms with Gasteiger partial charge >= 0.3 is 0 Å². The third-order valence-corrected chi connectivity index (χ3v) is 13.4. The number of carbonyl (C=O) groups excluding carboxylic acids is 9. The van der Waals surface area contributed by atoms with Crippen LogP contribution in [0.4, 0.5) is 0 Å². The lowest BCUT2D eigenvalue weighted by Crippen LogP contribution is -2.62. The minimum Gasteiger partial charge on any atom is -0.370 e. The van der Waals surface area contributed by atoms with Gasteiger partial charge in [-0.3, -0.25) is 53.1 Å². The van der Waals surface area contributed by atoms with Crippen molar-refractivity contribution in [3.63, 3.8) is 0 Å². The highest BCUT2D eigenvalue weighted by Gasteiger charge is 2.41. The number of aliphatic imine (C=N–C) groups is 2. The number of benzene rings is 2. The van der Waals surface area contributed by atoms with Gasteiger partial charge in [-0.2, -0.15) is 0 Å². The number of H-pyrrole nitrogens is 2. The molecule has 0 unspecified atom stereocenters. The van der Waals surface area contributed by atoms with Crippen molar-refractivity contribution >= 4 is 75.7 Å². The highest BCUT2D eigenvalue weighted by molar-refractivity contribution is 6.00. The number of amides is 7. The summed E-state index contributed by atoms with van der Waals surface area (Å²) in [6.07, 6.45) is 4.12. The van der Waals surface area contributed by atoms with Gasteiger partial charge in [0, 0.05) is 93.1 Å². The van der Waals surface area contributed by atoms with Gasteiger partial charge in [-0.1, -0.05) is 48.5 Å². The third kappa shape index (κ3) is 19.2. The zero-order valence-corrected chi connectivity index (χ0v) is 44.1. The summed E-state index contributed by atoms with van der Waals surface area (Å²) in [6, 6.07) is 10.8. The van der Waals surface area contributed by atoms with Crippen LogP contribution in [0.3, 0.4) is 0 Å². The van der Waals surface area contributed by atoms with E-state index < -0.39 is 107 Å². The first-order chi connectivity index (χ1) is 37.2. The SMILES string of the molecule is CC(=O)N[C@@H](CCCN=C(N)N)C(=O)N[C@H]1CC(=O)NCCCC[C@@H](C(N)=O)NC(=O)[C@H](Cc2c[nH]c3ccccc23)CC(=O)[C@H](CCCN=C(N)N)CC(=O)[C@](C)(Cc2ccccc2)NC(=O)[C@H](Cc2cnc[nH]2)NC1=O. The van der Waals surface area contributed by atoms with Crippen LogP contribution in [-0.2, 0) is 62.4 Å². The molecule has 1 fully saturated rings. The molecule has 0 bridgehead atoms. The number of nitrogens with zero attached hydrogens (tertiary/aromatic N) is 3. The van der Waals surface area contributed by atoms with Crippen molar-refractivity contribution in [2.75, 3.05) is 19.6 Å². The van der Waals surface area contributed by atoms with Gasteiger partial charge in [0.1, 0.15) is 30.0 Å². The highest BCUT2D eigenvalue weighted by Crippen LogP contribution is 2.28. The Labute approximate surface area is 451 Å². The summed E-state index contributed by atoms with van der Waals surface area (Å²) in [5.74, 6) is -8.81. The number of aromatic nitrogens is 3. The number of Topliss-reactive ketones (excluding diaryl/α,β-unsaturated/α-hetero) is 2. The average molecular weight is 1080 g/mol. The smallest absolute Gasteiger partial charge is 0.243 e. The van der Waals surface area contributed by atoms with Gasteiger partial charge in [0.15, 0.2) is 17.7 Å². The van der Waals surface area contributed by atoms with E-state index in [-0.39, 0.29) is 102 Å². The molecule has 25 heteroatoms. The van der Waals surface area contributed by atoms with Crippen LogP contribution >= 0.6 is 0 Å². The molecule has 18 N–H and O–H groups in total. The predicted molar refractivity (Wildman–Crippen MR) is 291 cm³/mol. The highest BCUT2D eigenvalue weighted by atomic mass is 16.2. The zero-order chi connectivity index (χ0) is 56.8. The number of hydrogen-bond acceptors (Lipinski definition) is 12. The van der Waals surface area contributed by atoms with Crippen LogP contribution in [0.1, 0.15) is 94.9 Å². The van der Waals surface area contributed by atoms with Crippen molar-refractivity contribution in [2.45, 2.75) is 127 Å². The molecule has 78 heavy (non-hydrogen) atoms. The Bertz CT molecular complexity index is 2770. The summed E-state index contributed by atoms with van der Waals surface area (Å²) in [6.45, 7) is 2.97. The maximum Gasteiger partial charge on any atom is 0.243 e. The van der Waals surface area contributed by atoms with Gasteiger partial charge in [0.25, 0.3) is 0 Å². The average Bonchev–Trinajstić information content (AvgIpc) is 4.07. The first kappa shape index (κ1) is 60.2. The number of ketones is 2. The van der Waals surface area contributed by atoms with Gasteiger partial charge in [0.05, 0.1) is 18.3 Å². The minimum absolute atomic E-state index is 0.0288. The molecule has 7 amide bonds. The molecule has 0 saturated carbocycles. The lowest BCUT2D eigenvalue weighted by molar-refractivity contribution is -0.137. The van der Waals surface area contributed by atoms with Gasteiger partial charge < -0.3 is 70.5 Å². The lowest BCUT2D eigenvalue weighted by Gasteiger charge is -2.33. The Morgan fingerprint density at radius 2 is 1.50 bits per heavy atom. The monoisotopic (exact) mass is 1080 g/mol. The number of imidazole rings is 1. The number of nitrogens with one attached hydrogen (secondary N) is 8. The predicted octanol–water partition coefficient (Wildman–Crippen LogP) is -0.814. The van der Waals surface area contributed by atoms with Crippen molar-refractivity contribution < 1.29 is 43.2 Å². The molecule has 1 saturated heterocycles. The molecule has 2 aromatic heterocycles. The van der Waals surface area contributed by atoms with E-state index in [4.69, 9.17) is 28.7 Å². The Morgan fingerprint density at radius 3 is 2.18 bits per heavy atom. The molecular formula is C53H74N16O9. The maximum atomic E-state index is 15.2. The van der Waals surface area contributed by atoms with E-state index in [2.05, 4.69) is 56.8 Å². The Kier molecular flexibility index (Phi) is 22.9. The number of para-hydroxylation sites is 1. The second-order valence-corrected chi connectivity index (χ2v) is 19.8. The van der Waals surface area contributed by atoms with E-state index in [0.29, 0.717) is 11.3 Å². The van der Waals surface area contributed by atoms with Gasteiger partial charge in [-0.15, -0.1) is 0 Å². The summed E-state index contributed by atoms with van der Waals surface area (Å²) < 4.78 is 0. The summed E-state index contributed by atoms with van der Waals surface area (Å²) in [5, 5.41) is 17.0. The number of fused-ring (bicyclic) bond motifs is 1. The fraction of sp³-hybridized carbons (Fsp3) is 0.472. The van der Waals surface area contributed by atoms with Gasteiger partial charge in [-0.05, 0) is 75.5 Å². The molecule has 0 spiro atoms. The lowest BCUT2D eigenvalue weighted by atomic mass is 9.79. The minimum atomic E-state index is -1.77. The molecule has 1 aliphatic heterocycles. The van der Waals surface area contributed by atoms with Crippen molar-refractivity contribution in [1.29, 1.82) is 0 Å². The second-order valence-electron chi connectivity index (χ2n) is 19.8. The van der Waals surface area contributed by atoms with E-state index in [1.165, 1.54) is 26.4 Å². The Morgan fingerprint density at radius 1 is 0.795 bits per heavy atom. The molecule has 25 nitrogen and oxygen atoms in total. The summed E-state index contributed by atoms with van der Waals surface area (Å²) >= 11 is 0. The molecule has 1 aliphatic rings. The number of nitrogens with two attached hydrogens (primary N) is 5. The maximum absolute atomic E-state index is 15.2. The number of primary amides is 1. The molecule has 7 atom stereocenters. The van der Waals surface area contributed by atoms with E-state index in [9.17, 15) is 38.4 Å². The van der Waals surface area contributed by atoms with Crippen LogP contribution in [0.25, 0.3) is 10.9 Å². The van der Waals surface area contributed by atoms with Crippen LogP contribution < -0.4 is 60.6 Å². The molecule has 4 aromatic rings. The van der Waals surface area contributed by atoms with Crippen LogP contribution in [0.2, 0.25) is 0 Å². The fourth-order valence-electron chi connectivity index (χ4n) is 9.31. The van der Waals surface area contributed by atoms with E-state index in [1.807, 2.05) is 24.3 Å².